The highest BCUT2D eigenvalue weighted by Gasteiger charge is 2.26. The van der Waals surface area contributed by atoms with Crippen LogP contribution in [0.3, 0.4) is 0 Å². The summed E-state index contributed by atoms with van der Waals surface area (Å²) >= 11 is 0. The molecule has 0 unspecified atom stereocenters. The van der Waals surface area contributed by atoms with Crippen molar-refractivity contribution in [2.24, 2.45) is 10.3 Å². The third-order valence-corrected chi connectivity index (χ3v) is 11.2. The number of hydrogen-bond donors (Lipinski definition) is 5. The minimum Gasteiger partial charge on any atom is -0.454 e. The number of ketones is 1. The van der Waals surface area contributed by atoms with Gasteiger partial charge in [-0.2, -0.15) is 0 Å². The molecule has 7 rings (SSSR count). The van der Waals surface area contributed by atoms with Crippen molar-refractivity contribution in [3.63, 3.8) is 0 Å². The van der Waals surface area contributed by atoms with Gasteiger partial charge in [0.05, 0.1) is 17.8 Å². The van der Waals surface area contributed by atoms with E-state index in [-0.39, 0.29) is 44.6 Å². The molecule has 4 aromatic carbocycles. The van der Waals surface area contributed by atoms with Crippen molar-refractivity contribution in [3.05, 3.63) is 169 Å². The molecule has 0 aliphatic carbocycles. The fourth-order valence-electron chi connectivity index (χ4n) is 6.07. The van der Waals surface area contributed by atoms with Gasteiger partial charge in [-0.1, -0.05) is 75.2 Å². The number of pyridine rings is 2. The Bertz CT molecular complexity index is 2900. The highest BCUT2D eigenvalue weighted by atomic mass is 32.2. The van der Waals surface area contributed by atoms with Gasteiger partial charge in [-0.3, -0.25) is 19.1 Å². The number of carbonyl (C=O) groups is 2. The average molecular weight is 948 g/mol. The summed E-state index contributed by atoms with van der Waals surface area (Å²) in [6.45, 7) is 5.25. The lowest BCUT2D eigenvalue weighted by Crippen LogP contribution is -2.18. The van der Waals surface area contributed by atoms with Crippen LogP contribution in [-0.2, 0) is 26.5 Å². The number of ether oxygens (including phenoxy) is 2. The number of sulfonamides is 2. The quantitative estimate of drug-likeness (QED) is 0.0403. The number of aromatic nitrogens is 4. The highest BCUT2D eigenvalue weighted by Crippen LogP contribution is 2.39. The molecule has 0 saturated carbocycles. The number of nitrogens with zero attached hydrogens (tertiary/aromatic N) is 4. The van der Waals surface area contributed by atoms with E-state index in [1.807, 2.05) is 38.1 Å². The number of primary sulfonamides is 2. The van der Waals surface area contributed by atoms with Crippen molar-refractivity contribution in [2.45, 2.75) is 55.7 Å². The second kappa shape index (κ2) is 24.7. The first-order chi connectivity index (χ1) is 32.2. The fraction of sp³-hybridized carbons (Fsp3) is 0.188. The van der Waals surface area contributed by atoms with Crippen LogP contribution in [0.25, 0.3) is 0 Å². The predicted octanol–water partition coefficient (Wildman–Crippen LogP) is 8.05. The van der Waals surface area contributed by atoms with Crippen LogP contribution in [-0.4, -0.2) is 61.1 Å². The SMILES string of the molecule is CCCCNc1cc(C(=O)Cc2ccccn2)cc(S(N)(=O)=O)c1Oc1ccccc1.CCCCNc1cc(C(=O)n2ccnc2)cc(S(N)(=O)=O)c1Oc1ccccc1.Nc1ccccn1. The number of para-hydroxylation sites is 2. The zero-order valence-electron chi connectivity index (χ0n) is 37.0. The first-order valence-corrected chi connectivity index (χ1v) is 24.2. The van der Waals surface area contributed by atoms with Gasteiger partial charge >= 0.3 is 0 Å². The number of nitrogens with two attached hydrogens (primary N) is 3. The zero-order valence-corrected chi connectivity index (χ0v) is 38.6. The Labute approximate surface area is 390 Å². The lowest BCUT2D eigenvalue weighted by molar-refractivity contribution is 0.0957. The molecule has 350 valence electrons. The molecule has 0 radical (unpaired) electrons. The largest absolute Gasteiger partial charge is 0.454 e. The van der Waals surface area contributed by atoms with Crippen molar-refractivity contribution in [1.29, 1.82) is 0 Å². The van der Waals surface area contributed by atoms with Crippen LogP contribution in [0.15, 0.2) is 162 Å². The van der Waals surface area contributed by atoms with Crippen LogP contribution in [0.2, 0.25) is 0 Å². The molecule has 0 spiro atoms. The number of Topliss-reactive ketones (excluding diaryl/α,β-unsaturated/α-hetero) is 1. The van der Waals surface area contributed by atoms with Crippen LogP contribution < -0.4 is 36.1 Å². The molecule has 3 heterocycles. The van der Waals surface area contributed by atoms with E-state index in [0.29, 0.717) is 47.5 Å². The maximum Gasteiger partial charge on any atom is 0.263 e. The van der Waals surface area contributed by atoms with Crippen molar-refractivity contribution in [1.82, 2.24) is 19.5 Å². The first-order valence-electron chi connectivity index (χ1n) is 21.1. The van der Waals surface area contributed by atoms with Gasteiger partial charge in [0.15, 0.2) is 17.3 Å². The van der Waals surface area contributed by atoms with E-state index >= 15 is 0 Å². The summed E-state index contributed by atoms with van der Waals surface area (Å²) in [5.74, 6) is 0.896. The van der Waals surface area contributed by atoms with Crippen LogP contribution in [0.1, 0.15) is 65.9 Å². The van der Waals surface area contributed by atoms with Crippen LogP contribution >= 0.6 is 0 Å². The molecule has 8 N–H and O–H groups in total. The second-order valence-electron chi connectivity index (χ2n) is 14.6. The lowest BCUT2D eigenvalue weighted by Gasteiger charge is -2.18. The Kier molecular flexibility index (Phi) is 18.7. The normalized spacial score (nSPS) is 10.9. The Morgan fingerprint density at radius 2 is 1.12 bits per heavy atom. The van der Waals surface area contributed by atoms with Gasteiger partial charge in [-0.05, 0) is 85.6 Å². The molecule has 0 aliphatic rings. The van der Waals surface area contributed by atoms with E-state index in [4.69, 9.17) is 25.5 Å². The molecule has 0 saturated heterocycles. The monoisotopic (exact) mass is 947 g/mol. The maximum atomic E-state index is 12.9. The maximum absolute atomic E-state index is 12.9. The van der Waals surface area contributed by atoms with E-state index in [1.165, 1.54) is 35.4 Å². The number of unbranched alkanes of at least 4 members (excludes halogenated alkanes) is 2. The number of carbonyl (C=O) groups excluding carboxylic acids is 2. The Morgan fingerprint density at radius 3 is 1.54 bits per heavy atom. The molecule has 67 heavy (non-hydrogen) atoms. The van der Waals surface area contributed by atoms with E-state index in [0.717, 1.165) is 25.7 Å². The molecule has 17 nitrogen and oxygen atoms in total. The van der Waals surface area contributed by atoms with Crippen LogP contribution in [0.4, 0.5) is 17.2 Å². The molecule has 7 aromatic rings. The van der Waals surface area contributed by atoms with Crippen molar-refractivity contribution in [3.8, 4) is 23.0 Å². The van der Waals surface area contributed by atoms with Gasteiger partial charge in [0.2, 0.25) is 20.0 Å². The molecule has 0 atom stereocenters. The summed E-state index contributed by atoms with van der Waals surface area (Å²) in [6, 6.07) is 34.0. The van der Waals surface area contributed by atoms with E-state index in [2.05, 4.69) is 25.6 Å². The Morgan fingerprint density at radius 1 is 0.627 bits per heavy atom. The summed E-state index contributed by atoms with van der Waals surface area (Å²) < 4.78 is 62.5. The molecule has 0 fully saturated rings. The van der Waals surface area contributed by atoms with Gasteiger partial charge in [0.25, 0.3) is 5.91 Å². The first kappa shape index (κ1) is 50.5. The standard InChI is InChI=1S/C23H25N3O4S.C20H22N4O4S.C5H6N2/c1-2-3-12-26-20-14-17(21(27)16-18-9-7-8-13-25-18)15-22(31(24,28)29)23(20)30-19-10-5-4-6-11-19;1-2-3-9-23-17-12-15(20(25)24-11-10-22-14-24)13-18(29(21,26)27)19(17)28-16-7-5-4-6-8-16;6-5-3-1-2-4-7-5/h4-11,13-15,26H,2-3,12,16H2,1H3,(H2,24,28,29);4-8,10-14,23H,2-3,9H2,1H3,(H2,21,26,27);1-4H,(H2,6,7). The minimum absolute atomic E-state index is 0.0399. The minimum atomic E-state index is -4.17. The number of hydrogen-bond acceptors (Lipinski definition) is 14. The van der Waals surface area contributed by atoms with E-state index in [1.54, 1.807) is 97.3 Å². The lowest BCUT2D eigenvalue weighted by atomic mass is 10.0. The number of imidazole rings is 1. The molecule has 0 bridgehead atoms. The van der Waals surface area contributed by atoms with Gasteiger partial charge in [-0.15, -0.1) is 0 Å². The molecule has 3 aromatic heterocycles. The Balaban J connectivity index is 0.000000219. The highest BCUT2D eigenvalue weighted by molar-refractivity contribution is 7.89. The molecule has 19 heteroatoms. The summed E-state index contributed by atoms with van der Waals surface area (Å²) in [6.07, 6.45) is 11.2. The molecular weight excluding hydrogens is 895 g/mol. The zero-order chi connectivity index (χ0) is 48.2. The number of rotatable bonds is 18. The van der Waals surface area contributed by atoms with Crippen LogP contribution in [0.5, 0.6) is 23.0 Å². The third-order valence-electron chi connectivity index (χ3n) is 9.40. The van der Waals surface area contributed by atoms with Gasteiger partial charge in [0, 0.05) is 54.7 Å². The predicted molar refractivity (Wildman–Crippen MR) is 258 cm³/mol. The smallest absolute Gasteiger partial charge is 0.263 e. The molecule has 0 amide bonds. The topological polar surface area (TPSA) is 267 Å². The van der Waals surface area contributed by atoms with Crippen molar-refractivity contribution >= 4 is 48.9 Å². The van der Waals surface area contributed by atoms with Crippen molar-refractivity contribution < 1.29 is 35.9 Å². The number of nitrogens with one attached hydrogen (secondary N) is 2. The van der Waals surface area contributed by atoms with Crippen molar-refractivity contribution in [2.75, 3.05) is 29.5 Å². The van der Waals surface area contributed by atoms with Gasteiger partial charge in [0.1, 0.15) is 33.4 Å². The summed E-state index contributed by atoms with van der Waals surface area (Å²) in [5.41, 5.74) is 6.97. The average Bonchev–Trinajstić information content (AvgIpc) is 3.86. The fourth-order valence-corrected chi connectivity index (χ4v) is 7.47. The summed E-state index contributed by atoms with van der Waals surface area (Å²) in [5, 5.41) is 17.3. The van der Waals surface area contributed by atoms with E-state index < -0.39 is 26.0 Å². The molecule has 0 aliphatic heterocycles. The number of nitrogen functional groups attached to an aromatic ring is 1. The van der Waals surface area contributed by atoms with Gasteiger partial charge < -0.3 is 25.8 Å². The summed E-state index contributed by atoms with van der Waals surface area (Å²) in [4.78, 5) is 36.9. The Hall–Kier alpha value is -7.45. The summed E-state index contributed by atoms with van der Waals surface area (Å²) in [7, 11) is -8.34. The van der Waals surface area contributed by atoms with Gasteiger partial charge in [-0.25, -0.2) is 37.1 Å². The van der Waals surface area contributed by atoms with E-state index in [9.17, 15) is 26.4 Å². The third kappa shape index (κ3) is 15.6. The second-order valence-corrected chi connectivity index (χ2v) is 17.7. The molecular formula is C48H53N9O8S2. The number of anilines is 3. The van der Waals surface area contributed by atoms with Crippen LogP contribution in [0, 0.1) is 0 Å². The number of benzene rings is 4.